The first kappa shape index (κ1) is 23.9. The van der Waals surface area contributed by atoms with E-state index in [9.17, 15) is 14.4 Å². The summed E-state index contributed by atoms with van der Waals surface area (Å²) < 4.78 is 5.31. The van der Waals surface area contributed by atoms with Crippen LogP contribution in [0.4, 0.5) is 15.3 Å². The summed E-state index contributed by atoms with van der Waals surface area (Å²) in [5.74, 6) is -0.560. The Kier molecular flexibility index (Phi) is 7.10. The summed E-state index contributed by atoms with van der Waals surface area (Å²) in [6.07, 6.45) is -0.805. The standard InChI is InChI=1S/C24H31N3O4/c1-14-9-15(2)13-19(12-14)21(28)25-22(29)27(26-23(30)31-24(6,7)8)20-17(4)10-16(3)11-18(20)5/h9-13H,1-8H3,(H,26,30)(H,25,28,29). The van der Waals surface area contributed by atoms with E-state index >= 15 is 0 Å². The molecule has 0 saturated heterocycles. The maximum atomic E-state index is 13.1. The van der Waals surface area contributed by atoms with Crippen molar-refractivity contribution in [3.05, 3.63) is 63.7 Å². The van der Waals surface area contributed by atoms with Gasteiger partial charge in [-0.2, -0.15) is 5.01 Å². The van der Waals surface area contributed by atoms with Crippen molar-refractivity contribution in [2.75, 3.05) is 5.01 Å². The van der Waals surface area contributed by atoms with Crippen molar-refractivity contribution in [1.29, 1.82) is 0 Å². The van der Waals surface area contributed by atoms with Crippen LogP contribution < -0.4 is 15.8 Å². The maximum Gasteiger partial charge on any atom is 0.427 e. The molecular weight excluding hydrogens is 394 g/mol. The Labute approximate surface area is 183 Å². The molecule has 7 heteroatoms. The highest BCUT2D eigenvalue weighted by Crippen LogP contribution is 2.26. The fourth-order valence-corrected chi connectivity index (χ4v) is 3.46. The van der Waals surface area contributed by atoms with Crippen LogP contribution in [0.5, 0.6) is 0 Å². The van der Waals surface area contributed by atoms with E-state index in [1.54, 1.807) is 32.9 Å². The molecule has 0 fully saturated rings. The van der Waals surface area contributed by atoms with Gasteiger partial charge in [0.15, 0.2) is 0 Å². The molecule has 2 aromatic rings. The number of amides is 4. The van der Waals surface area contributed by atoms with Crippen LogP contribution >= 0.6 is 0 Å². The third kappa shape index (κ3) is 6.57. The molecule has 0 radical (unpaired) electrons. The number of anilines is 1. The maximum absolute atomic E-state index is 13.1. The van der Waals surface area contributed by atoms with E-state index in [0.29, 0.717) is 11.3 Å². The van der Waals surface area contributed by atoms with Crippen LogP contribution in [0.1, 0.15) is 58.9 Å². The van der Waals surface area contributed by atoms with Crippen LogP contribution in [-0.2, 0) is 4.74 Å². The molecule has 0 aromatic heterocycles. The van der Waals surface area contributed by atoms with Crippen molar-refractivity contribution >= 4 is 23.7 Å². The SMILES string of the molecule is Cc1cc(C)cc(C(=O)NC(=O)N(NC(=O)OC(C)(C)C)c2c(C)cc(C)cc2C)c1. The molecule has 31 heavy (non-hydrogen) atoms. The van der Waals surface area contributed by atoms with Crippen LogP contribution in [0.15, 0.2) is 30.3 Å². The number of rotatable bonds is 2. The smallest absolute Gasteiger partial charge is 0.427 e. The van der Waals surface area contributed by atoms with E-state index in [1.165, 1.54) is 0 Å². The van der Waals surface area contributed by atoms with Gasteiger partial charge >= 0.3 is 12.1 Å². The Morgan fingerprint density at radius 1 is 0.806 bits per heavy atom. The lowest BCUT2D eigenvalue weighted by molar-refractivity contribution is 0.0523. The van der Waals surface area contributed by atoms with Gasteiger partial charge in [-0.15, -0.1) is 0 Å². The number of urea groups is 1. The van der Waals surface area contributed by atoms with Crippen LogP contribution in [0.25, 0.3) is 0 Å². The summed E-state index contributed by atoms with van der Waals surface area (Å²) in [7, 11) is 0. The monoisotopic (exact) mass is 425 g/mol. The number of benzene rings is 2. The largest absolute Gasteiger partial charge is 0.443 e. The number of hydrazine groups is 1. The average molecular weight is 426 g/mol. The van der Waals surface area contributed by atoms with Gasteiger partial charge in [-0.05, 0) is 78.6 Å². The van der Waals surface area contributed by atoms with Crippen molar-refractivity contribution in [2.45, 2.75) is 61.0 Å². The molecular formula is C24H31N3O4. The molecule has 2 aromatic carbocycles. The van der Waals surface area contributed by atoms with Gasteiger partial charge in [0.25, 0.3) is 5.91 Å². The molecule has 0 aliphatic rings. The number of aryl methyl sites for hydroxylation is 5. The first-order valence-corrected chi connectivity index (χ1v) is 10.1. The topological polar surface area (TPSA) is 87.7 Å². The van der Waals surface area contributed by atoms with E-state index in [1.807, 2.05) is 52.8 Å². The third-order valence-corrected chi connectivity index (χ3v) is 4.37. The molecule has 4 amide bonds. The van der Waals surface area contributed by atoms with Crippen molar-refractivity contribution < 1.29 is 19.1 Å². The van der Waals surface area contributed by atoms with Gasteiger partial charge in [-0.1, -0.05) is 34.9 Å². The highest BCUT2D eigenvalue weighted by Gasteiger charge is 2.27. The second-order valence-electron chi connectivity index (χ2n) is 8.83. The van der Waals surface area contributed by atoms with Gasteiger partial charge in [0, 0.05) is 5.56 Å². The van der Waals surface area contributed by atoms with Crippen molar-refractivity contribution in [3.8, 4) is 0 Å². The zero-order valence-electron chi connectivity index (χ0n) is 19.5. The third-order valence-electron chi connectivity index (χ3n) is 4.37. The number of carbonyl (C=O) groups is 3. The molecule has 0 atom stereocenters. The number of ether oxygens (including phenoxy) is 1. The Balaban J connectivity index is 2.38. The Morgan fingerprint density at radius 3 is 1.77 bits per heavy atom. The van der Waals surface area contributed by atoms with Crippen molar-refractivity contribution in [2.24, 2.45) is 0 Å². The highest BCUT2D eigenvalue weighted by atomic mass is 16.6. The molecule has 0 bridgehead atoms. The van der Waals surface area contributed by atoms with Crippen LogP contribution in [0.3, 0.4) is 0 Å². The minimum Gasteiger partial charge on any atom is -0.443 e. The molecule has 166 valence electrons. The fourth-order valence-electron chi connectivity index (χ4n) is 3.46. The minimum absolute atomic E-state index is 0.361. The summed E-state index contributed by atoms with van der Waals surface area (Å²) >= 11 is 0. The second-order valence-corrected chi connectivity index (χ2v) is 8.83. The fraction of sp³-hybridized carbons (Fsp3) is 0.375. The summed E-state index contributed by atoms with van der Waals surface area (Å²) in [5, 5.41) is 3.39. The molecule has 0 heterocycles. The van der Waals surface area contributed by atoms with Crippen molar-refractivity contribution in [1.82, 2.24) is 10.7 Å². The Bertz CT molecular complexity index is 979. The van der Waals surface area contributed by atoms with E-state index in [2.05, 4.69) is 10.7 Å². The number of nitrogens with one attached hydrogen (secondary N) is 2. The Morgan fingerprint density at radius 2 is 1.29 bits per heavy atom. The number of hydrogen-bond donors (Lipinski definition) is 2. The van der Waals surface area contributed by atoms with Gasteiger partial charge < -0.3 is 4.74 Å². The second kappa shape index (κ2) is 9.20. The molecule has 0 unspecified atom stereocenters. The molecule has 0 spiro atoms. The summed E-state index contributed by atoms with van der Waals surface area (Å²) in [6.45, 7) is 14.5. The first-order chi connectivity index (χ1) is 14.3. The lowest BCUT2D eigenvalue weighted by atomic mass is 10.0. The molecule has 0 aliphatic heterocycles. The lowest BCUT2D eigenvalue weighted by Gasteiger charge is -2.28. The predicted octanol–water partition coefficient (Wildman–Crippen LogP) is 5.02. The van der Waals surface area contributed by atoms with Crippen LogP contribution in [0, 0.1) is 34.6 Å². The average Bonchev–Trinajstić information content (AvgIpc) is 2.57. The number of carbonyl (C=O) groups excluding carboxylic acids is 3. The van der Waals surface area contributed by atoms with Gasteiger partial charge in [0.1, 0.15) is 5.60 Å². The minimum atomic E-state index is -0.805. The Hall–Kier alpha value is -3.35. The van der Waals surface area contributed by atoms with E-state index in [-0.39, 0.29) is 0 Å². The van der Waals surface area contributed by atoms with Gasteiger partial charge in [0.05, 0.1) is 5.69 Å². The zero-order valence-corrected chi connectivity index (χ0v) is 19.5. The van der Waals surface area contributed by atoms with E-state index in [0.717, 1.165) is 32.8 Å². The zero-order chi connectivity index (χ0) is 23.5. The van der Waals surface area contributed by atoms with Gasteiger partial charge in [0.2, 0.25) is 0 Å². The van der Waals surface area contributed by atoms with Gasteiger partial charge in [-0.3, -0.25) is 10.1 Å². The molecule has 2 rings (SSSR count). The molecule has 0 saturated carbocycles. The van der Waals surface area contributed by atoms with Crippen LogP contribution in [0.2, 0.25) is 0 Å². The first-order valence-electron chi connectivity index (χ1n) is 10.1. The normalized spacial score (nSPS) is 11.0. The number of hydrogen-bond acceptors (Lipinski definition) is 4. The summed E-state index contributed by atoms with van der Waals surface area (Å²) in [6, 6.07) is 8.34. The number of imide groups is 1. The molecule has 7 nitrogen and oxygen atoms in total. The lowest BCUT2D eigenvalue weighted by Crippen LogP contribution is -2.54. The summed E-state index contributed by atoms with van der Waals surface area (Å²) in [5.41, 5.74) is 6.93. The van der Waals surface area contributed by atoms with E-state index in [4.69, 9.17) is 4.74 Å². The quantitative estimate of drug-likeness (QED) is 0.661. The predicted molar refractivity (Wildman–Crippen MR) is 121 cm³/mol. The van der Waals surface area contributed by atoms with Crippen molar-refractivity contribution in [3.63, 3.8) is 0 Å². The highest BCUT2D eigenvalue weighted by molar-refractivity contribution is 6.09. The van der Waals surface area contributed by atoms with E-state index < -0.39 is 23.6 Å². The molecule has 2 N–H and O–H groups in total. The molecule has 0 aliphatic carbocycles. The van der Waals surface area contributed by atoms with Gasteiger partial charge in [-0.25, -0.2) is 15.0 Å². The number of nitrogens with zero attached hydrogens (tertiary/aromatic N) is 1. The van der Waals surface area contributed by atoms with Crippen LogP contribution in [-0.4, -0.2) is 23.6 Å². The summed E-state index contributed by atoms with van der Waals surface area (Å²) in [4.78, 5) is 38.3.